The molecule has 2 amide bonds. The molecule has 0 spiro atoms. The average molecular weight is 384 g/mol. The van der Waals surface area contributed by atoms with Gasteiger partial charge in [-0.1, -0.05) is 12.1 Å². The van der Waals surface area contributed by atoms with Crippen LogP contribution in [0.2, 0.25) is 0 Å². The van der Waals surface area contributed by atoms with Crippen molar-refractivity contribution >= 4 is 17.8 Å². The molecule has 1 aromatic rings. The minimum atomic E-state index is -4.56. The Morgan fingerprint density at radius 1 is 1.30 bits per heavy atom. The fraction of sp³-hybridized carbons (Fsp3) is 0.389. The molecular formula is C18H19F3N2O4. The Kier molecular flexibility index (Phi) is 5.92. The van der Waals surface area contributed by atoms with Gasteiger partial charge in [-0.25, -0.2) is 4.79 Å². The minimum Gasteiger partial charge on any atom is -0.465 e. The zero-order valence-corrected chi connectivity index (χ0v) is 15.0. The molecule has 0 unspecified atom stereocenters. The highest BCUT2D eigenvalue weighted by molar-refractivity contribution is 5.99. The predicted octanol–water partition coefficient (Wildman–Crippen LogP) is 3.20. The zero-order chi connectivity index (χ0) is 20.4. The van der Waals surface area contributed by atoms with Crippen LogP contribution in [-0.2, 0) is 20.5 Å². The standard InChI is InChI=1S/C18H19F3N2O4/c1-4-27-14(25)9-23-10(2)15(11(3)24)16(22-17(23)26)12-6-5-7-13(8-12)18(19,20)21/h5-8,16H,4,9H2,1-3H3,(H,22,26)/t16-/m0/s1. The summed E-state index contributed by atoms with van der Waals surface area (Å²) in [6, 6.07) is 2.66. The van der Waals surface area contributed by atoms with Gasteiger partial charge < -0.3 is 10.1 Å². The number of benzene rings is 1. The molecule has 1 aliphatic heterocycles. The van der Waals surface area contributed by atoms with Crippen molar-refractivity contribution in [1.82, 2.24) is 10.2 Å². The molecule has 6 nitrogen and oxygen atoms in total. The number of urea groups is 1. The zero-order valence-electron chi connectivity index (χ0n) is 15.0. The maximum absolute atomic E-state index is 13.0. The van der Waals surface area contributed by atoms with Crippen LogP contribution in [0.1, 0.15) is 37.9 Å². The number of halogens is 3. The van der Waals surface area contributed by atoms with E-state index >= 15 is 0 Å². The van der Waals surface area contributed by atoms with E-state index in [1.165, 1.54) is 26.0 Å². The summed E-state index contributed by atoms with van der Waals surface area (Å²) in [6.45, 7) is 4.05. The number of hydrogen-bond acceptors (Lipinski definition) is 4. The Morgan fingerprint density at radius 2 is 1.96 bits per heavy atom. The number of rotatable bonds is 5. The molecule has 0 bridgehead atoms. The van der Waals surface area contributed by atoms with Gasteiger partial charge in [-0.05, 0) is 38.5 Å². The SMILES string of the molecule is CCOC(=O)CN1C(=O)N[C@@H](c2cccc(C(F)(F)F)c2)C(C(C)=O)=C1C. The molecule has 27 heavy (non-hydrogen) atoms. The van der Waals surface area contributed by atoms with Crippen molar-refractivity contribution in [2.75, 3.05) is 13.2 Å². The van der Waals surface area contributed by atoms with Gasteiger partial charge in [0.1, 0.15) is 6.54 Å². The first-order valence-electron chi connectivity index (χ1n) is 8.18. The summed E-state index contributed by atoms with van der Waals surface area (Å²) in [7, 11) is 0. The highest BCUT2D eigenvalue weighted by Gasteiger charge is 2.37. The van der Waals surface area contributed by atoms with Crippen molar-refractivity contribution < 1.29 is 32.3 Å². The number of esters is 1. The van der Waals surface area contributed by atoms with Crippen LogP contribution in [0.15, 0.2) is 35.5 Å². The number of ether oxygens (including phenoxy) is 1. The highest BCUT2D eigenvalue weighted by atomic mass is 19.4. The van der Waals surface area contributed by atoms with Crippen molar-refractivity contribution in [2.24, 2.45) is 0 Å². The first kappa shape index (κ1) is 20.5. The third-order valence-corrected chi connectivity index (χ3v) is 4.12. The van der Waals surface area contributed by atoms with Gasteiger partial charge in [-0.15, -0.1) is 0 Å². The lowest BCUT2D eigenvalue weighted by atomic mass is 9.91. The number of nitrogens with one attached hydrogen (secondary N) is 1. The molecule has 0 saturated heterocycles. The van der Waals surface area contributed by atoms with E-state index in [4.69, 9.17) is 4.74 Å². The maximum atomic E-state index is 13.0. The Labute approximate surface area is 154 Å². The first-order chi connectivity index (χ1) is 12.6. The molecule has 0 fully saturated rings. The number of carbonyl (C=O) groups excluding carboxylic acids is 3. The van der Waals surface area contributed by atoms with Crippen LogP contribution in [0.25, 0.3) is 0 Å². The minimum absolute atomic E-state index is 0.109. The molecule has 9 heteroatoms. The number of alkyl halides is 3. The second-order valence-corrected chi connectivity index (χ2v) is 5.95. The van der Waals surface area contributed by atoms with Crippen LogP contribution >= 0.6 is 0 Å². The summed E-state index contributed by atoms with van der Waals surface area (Å²) in [5.74, 6) is -1.09. The normalized spacial score (nSPS) is 17.6. The fourth-order valence-corrected chi connectivity index (χ4v) is 2.91. The molecule has 0 aromatic heterocycles. The molecule has 0 saturated carbocycles. The van der Waals surface area contributed by atoms with Crippen LogP contribution in [0.4, 0.5) is 18.0 Å². The lowest BCUT2D eigenvalue weighted by Crippen LogP contribution is -2.49. The number of carbonyl (C=O) groups is 3. The third-order valence-electron chi connectivity index (χ3n) is 4.12. The topological polar surface area (TPSA) is 75.7 Å². The molecule has 1 aliphatic rings. The molecule has 1 atom stereocenters. The van der Waals surface area contributed by atoms with E-state index in [-0.39, 0.29) is 23.4 Å². The Balaban J connectivity index is 2.47. The molecule has 146 valence electrons. The molecule has 1 heterocycles. The summed E-state index contributed by atoms with van der Waals surface area (Å²) in [5, 5.41) is 2.50. The van der Waals surface area contributed by atoms with Crippen LogP contribution < -0.4 is 5.32 Å². The molecule has 1 N–H and O–H groups in total. The quantitative estimate of drug-likeness (QED) is 0.791. The number of nitrogens with zero attached hydrogens (tertiary/aromatic N) is 1. The van der Waals surface area contributed by atoms with E-state index in [1.807, 2.05) is 0 Å². The van der Waals surface area contributed by atoms with Gasteiger partial charge in [-0.2, -0.15) is 13.2 Å². The third kappa shape index (κ3) is 4.47. The van der Waals surface area contributed by atoms with Crippen molar-refractivity contribution in [2.45, 2.75) is 33.0 Å². The molecular weight excluding hydrogens is 365 g/mol. The van der Waals surface area contributed by atoms with Crippen LogP contribution in [0.5, 0.6) is 0 Å². The van der Waals surface area contributed by atoms with Gasteiger partial charge in [0, 0.05) is 11.3 Å². The van der Waals surface area contributed by atoms with Crippen molar-refractivity contribution in [1.29, 1.82) is 0 Å². The summed E-state index contributed by atoms with van der Waals surface area (Å²) in [5.41, 5.74) is -0.456. The fourth-order valence-electron chi connectivity index (χ4n) is 2.91. The van der Waals surface area contributed by atoms with Gasteiger partial charge >= 0.3 is 18.2 Å². The monoisotopic (exact) mass is 384 g/mol. The number of ketones is 1. The number of allylic oxidation sites excluding steroid dienone is 1. The van der Waals surface area contributed by atoms with E-state index in [9.17, 15) is 27.6 Å². The van der Waals surface area contributed by atoms with Gasteiger partial charge in [0.15, 0.2) is 5.78 Å². The summed E-state index contributed by atoms with van der Waals surface area (Å²) in [4.78, 5) is 37.3. The lowest BCUT2D eigenvalue weighted by molar-refractivity contribution is -0.143. The number of Topliss-reactive ketones (excluding diaryl/α,β-unsaturated/α-hetero) is 1. The van der Waals surface area contributed by atoms with Crippen molar-refractivity contribution in [3.63, 3.8) is 0 Å². The largest absolute Gasteiger partial charge is 0.465 e. The van der Waals surface area contributed by atoms with E-state index in [0.29, 0.717) is 0 Å². The van der Waals surface area contributed by atoms with E-state index < -0.39 is 42.1 Å². The first-order valence-corrected chi connectivity index (χ1v) is 8.18. The second-order valence-electron chi connectivity index (χ2n) is 5.95. The highest BCUT2D eigenvalue weighted by Crippen LogP contribution is 2.35. The second kappa shape index (κ2) is 7.81. The number of amides is 2. The Hall–Kier alpha value is -2.84. The molecule has 0 radical (unpaired) electrons. The van der Waals surface area contributed by atoms with Gasteiger partial charge in [-0.3, -0.25) is 14.5 Å². The summed E-state index contributed by atoms with van der Waals surface area (Å²) >= 11 is 0. The van der Waals surface area contributed by atoms with Gasteiger partial charge in [0.2, 0.25) is 0 Å². The van der Waals surface area contributed by atoms with Gasteiger partial charge in [0.25, 0.3) is 0 Å². The molecule has 0 aliphatic carbocycles. The van der Waals surface area contributed by atoms with Crippen LogP contribution in [-0.4, -0.2) is 35.8 Å². The average Bonchev–Trinajstić information content (AvgIpc) is 2.57. The van der Waals surface area contributed by atoms with E-state index in [0.717, 1.165) is 17.0 Å². The number of hydrogen-bond donors (Lipinski definition) is 1. The van der Waals surface area contributed by atoms with Crippen LogP contribution in [0, 0.1) is 0 Å². The van der Waals surface area contributed by atoms with E-state index in [2.05, 4.69) is 5.32 Å². The van der Waals surface area contributed by atoms with E-state index in [1.54, 1.807) is 6.92 Å². The van der Waals surface area contributed by atoms with Crippen molar-refractivity contribution in [3.05, 3.63) is 46.7 Å². The van der Waals surface area contributed by atoms with Crippen LogP contribution in [0.3, 0.4) is 0 Å². The smallest absolute Gasteiger partial charge is 0.416 e. The molecule has 2 rings (SSSR count). The maximum Gasteiger partial charge on any atom is 0.416 e. The lowest BCUT2D eigenvalue weighted by Gasteiger charge is -2.35. The molecule has 1 aromatic carbocycles. The summed E-state index contributed by atoms with van der Waals surface area (Å²) in [6.07, 6.45) is -4.56. The Morgan fingerprint density at radius 3 is 2.52 bits per heavy atom. The Bertz CT molecular complexity index is 802. The van der Waals surface area contributed by atoms with Gasteiger partial charge in [0.05, 0.1) is 18.2 Å². The van der Waals surface area contributed by atoms with Crippen molar-refractivity contribution in [3.8, 4) is 0 Å². The summed E-state index contributed by atoms with van der Waals surface area (Å²) < 4.78 is 43.8. The predicted molar refractivity (Wildman–Crippen MR) is 89.4 cm³/mol.